The van der Waals surface area contributed by atoms with Gasteiger partial charge in [0, 0.05) is 17.0 Å². The van der Waals surface area contributed by atoms with Crippen molar-refractivity contribution in [1.29, 1.82) is 0 Å². The van der Waals surface area contributed by atoms with Crippen LogP contribution in [0, 0.1) is 20.8 Å². The van der Waals surface area contributed by atoms with Crippen LogP contribution in [-0.4, -0.2) is 33.1 Å². The summed E-state index contributed by atoms with van der Waals surface area (Å²) >= 11 is 0. The minimum absolute atomic E-state index is 0.0827. The molecule has 0 fully saturated rings. The first-order valence-electron chi connectivity index (χ1n) is 11.5. The van der Waals surface area contributed by atoms with Gasteiger partial charge in [0.1, 0.15) is 5.54 Å². The van der Waals surface area contributed by atoms with E-state index in [4.69, 9.17) is 4.74 Å². The number of ether oxygens (including phenoxy) is 1. The Kier molecular flexibility index (Phi) is 7.10. The van der Waals surface area contributed by atoms with Crippen LogP contribution >= 0.6 is 0 Å². The molecule has 182 valence electrons. The summed E-state index contributed by atoms with van der Waals surface area (Å²) in [6.07, 6.45) is -1.60. The molecule has 3 aromatic carbocycles. The number of rotatable bonds is 8. The number of nitrogens with one attached hydrogen (secondary N) is 1. The van der Waals surface area contributed by atoms with E-state index in [0.717, 1.165) is 5.56 Å². The number of benzene rings is 3. The number of aliphatic carboxylic acids is 1. The molecule has 0 saturated heterocycles. The zero-order valence-electron chi connectivity index (χ0n) is 20.3. The molecule has 0 bridgehead atoms. The highest BCUT2D eigenvalue weighted by Gasteiger charge is 2.50. The summed E-state index contributed by atoms with van der Waals surface area (Å²) in [5.74, 6) is -1.73. The molecule has 0 spiro atoms. The van der Waals surface area contributed by atoms with E-state index in [1.165, 1.54) is 0 Å². The van der Waals surface area contributed by atoms with Crippen molar-refractivity contribution < 1.29 is 19.4 Å². The fraction of sp³-hybridized carbons (Fsp3) is 0.172. The van der Waals surface area contributed by atoms with Gasteiger partial charge in [-0.25, -0.2) is 14.8 Å². The van der Waals surface area contributed by atoms with Crippen LogP contribution in [0.5, 0.6) is 6.01 Å². The maximum absolute atomic E-state index is 13.6. The van der Waals surface area contributed by atoms with Gasteiger partial charge in [-0.05, 0) is 50.1 Å². The molecule has 1 unspecified atom stereocenters. The Morgan fingerprint density at radius 1 is 0.806 bits per heavy atom. The molecular formula is C29H27N3O4. The second-order valence-electron chi connectivity index (χ2n) is 8.63. The second-order valence-corrected chi connectivity index (χ2v) is 8.63. The molecule has 1 amide bonds. The van der Waals surface area contributed by atoms with Crippen molar-refractivity contribution in [1.82, 2.24) is 15.3 Å². The van der Waals surface area contributed by atoms with E-state index in [1.54, 1.807) is 80.6 Å². The van der Waals surface area contributed by atoms with Crippen LogP contribution < -0.4 is 10.1 Å². The monoisotopic (exact) mass is 481 g/mol. The van der Waals surface area contributed by atoms with Gasteiger partial charge in [0.15, 0.2) is 0 Å². The van der Waals surface area contributed by atoms with Gasteiger partial charge in [0.25, 0.3) is 5.91 Å². The minimum atomic E-state index is -1.61. The number of carboxylic acid groups (broad SMARTS) is 1. The van der Waals surface area contributed by atoms with Crippen molar-refractivity contribution in [2.75, 3.05) is 0 Å². The Labute approximate surface area is 209 Å². The van der Waals surface area contributed by atoms with Crippen molar-refractivity contribution in [3.63, 3.8) is 0 Å². The fourth-order valence-electron chi connectivity index (χ4n) is 4.21. The van der Waals surface area contributed by atoms with Gasteiger partial charge >= 0.3 is 12.0 Å². The number of aromatic nitrogens is 2. The van der Waals surface area contributed by atoms with Crippen LogP contribution in [0.4, 0.5) is 0 Å². The summed E-state index contributed by atoms with van der Waals surface area (Å²) in [6.45, 7) is 5.48. The molecular weight excluding hydrogens is 454 g/mol. The van der Waals surface area contributed by atoms with Gasteiger partial charge in [0.2, 0.25) is 6.10 Å². The molecule has 2 N–H and O–H groups in total. The average molecular weight is 482 g/mol. The average Bonchev–Trinajstić information content (AvgIpc) is 2.87. The molecule has 36 heavy (non-hydrogen) atoms. The van der Waals surface area contributed by atoms with Crippen LogP contribution in [0.15, 0.2) is 91.0 Å². The molecule has 7 heteroatoms. The molecule has 4 rings (SSSR count). The third kappa shape index (κ3) is 5.10. The molecule has 4 aromatic rings. The summed E-state index contributed by atoms with van der Waals surface area (Å²) in [7, 11) is 0. The molecule has 0 saturated carbocycles. The van der Waals surface area contributed by atoms with Gasteiger partial charge < -0.3 is 15.2 Å². The lowest BCUT2D eigenvalue weighted by Crippen LogP contribution is -2.60. The molecule has 1 atom stereocenters. The van der Waals surface area contributed by atoms with Crippen LogP contribution in [0.25, 0.3) is 0 Å². The van der Waals surface area contributed by atoms with Gasteiger partial charge in [0.05, 0.1) is 0 Å². The Bertz CT molecular complexity index is 1300. The highest BCUT2D eigenvalue weighted by atomic mass is 16.5. The minimum Gasteiger partial charge on any atom is -0.478 e. The van der Waals surface area contributed by atoms with Crippen LogP contribution in [0.1, 0.15) is 38.4 Å². The van der Waals surface area contributed by atoms with Crippen molar-refractivity contribution in [3.05, 3.63) is 125 Å². The Balaban J connectivity index is 1.94. The maximum atomic E-state index is 13.6. The third-order valence-electron chi connectivity index (χ3n) is 5.89. The van der Waals surface area contributed by atoms with Crippen LogP contribution in [0.3, 0.4) is 0 Å². The van der Waals surface area contributed by atoms with Crippen molar-refractivity contribution in [2.24, 2.45) is 0 Å². The molecule has 0 aliphatic carbocycles. The fourth-order valence-corrected chi connectivity index (χ4v) is 4.21. The Hall–Kier alpha value is -4.52. The number of carbonyl (C=O) groups is 2. The first-order chi connectivity index (χ1) is 17.3. The highest BCUT2D eigenvalue weighted by Crippen LogP contribution is 2.36. The van der Waals surface area contributed by atoms with E-state index in [0.29, 0.717) is 28.1 Å². The maximum Gasteiger partial charge on any atom is 0.348 e. The predicted octanol–water partition coefficient (Wildman–Crippen LogP) is 4.61. The highest BCUT2D eigenvalue weighted by molar-refractivity contribution is 5.96. The van der Waals surface area contributed by atoms with Crippen molar-refractivity contribution >= 4 is 11.9 Å². The quantitative estimate of drug-likeness (QED) is 0.381. The lowest BCUT2D eigenvalue weighted by molar-refractivity contribution is -0.148. The zero-order valence-corrected chi connectivity index (χ0v) is 20.3. The summed E-state index contributed by atoms with van der Waals surface area (Å²) in [5.41, 5.74) is 2.12. The Morgan fingerprint density at radius 3 is 1.78 bits per heavy atom. The third-order valence-corrected chi connectivity index (χ3v) is 5.89. The predicted molar refractivity (Wildman–Crippen MR) is 136 cm³/mol. The van der Waals surface area contributed by atoms with Crippen molar-refractivity contribution in [2.45, 2.75) is 32.4 Å². The molecule has 0 aliphatic rings. The number of nitrogens with zero attached hydrogens (tertiary/aromatic N) is 2. The Morgan fingerprint density at radius 2 is 1.31 bits per heavy atom. The summed E-state index contributed by atoms with van der Waals surface area (Å²) in [5, 5.41) is 13.5. The topological polar surface area (TPSA) is 101 Å². The van der Waals surface area contributed by atoms with Crippen molar-refractivity contribution in [3.8, 4) is 6.01 Å². The largest absolute Gasteiger partial charge is 0.478 e. The normalized spacial score (nSPS) is 12.0. The van der Waals surface area contributed by atoms with Crippen LogP contribution in [-0.2, 0) is 10.3 Å². The zero-order chi connectivity index (χ0) is 25.7. The number of hydrogen-bond acceptors (Lipinski definition) is 5. The van der Waals surface area contributed by atoms with Gasteiger partial charge in [-0.3, -0.25) is 4.79 Å². The summed E-state index contributed by atoms with van der Waals surface area (Å²) < 4.78 is 6.03. The van der Waals surface area contributed by atoms with E-state index < -0.39 is 23.5 Å². The van der Waals surface area contributed by atoms with Gasteiger partial charge in [-0.1, -0.05) is 78.4 Å². The van der Waals surface area contributed by atoms with E-state index in [9.17, 15) is 14.7 Å². The standard InChI is InChI=1S/C29H27N3O4/c1-19-14-16-22(17-15-19)26(33)32-29(23-10-6-4-7-11-23,24-12-8-5-9-13-24)25(27(34)35)36-28-30-20(2)18-21(3)31-28/h4-18,25H,1-3H3,(H,32,33)(H,34,35). The SMILES string of the molecule is Cc1ccc(C(=O)NC(c2ccccc2)(c2ccccc2)C(Oc2nc(C)cc(C)n2)C(=O)O)cc1. The van der Waals surface area contributed by atoms with E-state index in [2.05, 4.69) is 15.3 Å². The number of amides is 1. The smallest absolute Gasteiger partial charge is 0.348 e. The molecule has 1 heterocycles. The van der Waals surface area contributed by atoms with Crippen LogP contribution in [0.2, 0.25) is 0 Å². The molecule has 0 aliphatic heterocycles. The van der Waals surface area contributed by atoms with E-state index in [-0.39, 0.29) is 6.01 Å². The van der Waals surface area contributed by atoms with E-state index >= 15 is 0 Å². The second kappa shape index (κ2) is 10.4. The number of carbonyl (C=O) groups excluding carboxylic acids is 1. The number of aryl methyl sites for hydroxylation is 3. The van der Waals surface area contributed by atoms with E-state index in [1.807, 2.05) is 31.2 Å². The first kappa shape index (κ1) is 24.6. The molecule has 0 radical (unpaired) electrons. The van der Waals surface area contributed by atoms with Gasteiger partial charge in [-0.2, -0.15) is 0 Å². The molecule has 1 aromatic heterocycles. The lowest BCUT2D eigenvalue weighted by Gasteiger charge is -2.39. The lowest BCUT2D eigenvalue weighted by atomic mass is 9.77. The number of hydrogen-bond donors (Lipinski definition) is 2. The summed E-state index contributed by atoms with van der Waals surface area (Å²) in [6, 6.07) is 26.6. The molecule has 7 nitrogen and oxygen atoms in total. The first-order valence-corrected chi connectivity index (χ1v) is 11.5. The number of carboxylic acids is 1. The summed E-state index contributed by atoms with van der Waals surface area (Å²) in [4.78, 5) is 35.1. The van der Waals surface area contributed by atoms with Gasteiger partial charge in [-0.15, -0.1) is 0 Å².